The average molecular weight is 406 g/mol. The van der Waals surface area contributed by atoms with Gasteiger partial charge >= 0.3 is 0 Å². The Kier molecular flexibility index (Phi) is 6.03. The molecule has 154 valence electrons. The number of aromatic amines is 1. The molecule has 0 unspecified atom stereocenters. The summed E-state index contributed by atoms with van der Waals surface area (Å²) < 4.78 is 11.7. The molecular formula is C20H22N8O2. The molecule has 4 N–H and O–H groups in total. The van der Waals surface area contributed by atoms with Gasteiger partial charge in [0.1, 0.15) is 30.0 Å². The second kappa shape index (κ2) is 9.21. The summed E-state index contributed by atoms with van der Waals surface area (Å²) in [7, 11) is 1.62. The summed E-state index contributed by atoms with van der Waals surface area (Å²) in [5.74, 6) is 2.42. The lowest BCUT2D eigenvalue weighted by Gasteiger charge is -2.25. The van der Waals surface area contributed by atoms with Crippen molar-refractivity contribution in [2.75, 3.05) is 38.7 Å². The first kappa shape index (κ1) is 19.6. The first-order chi connectivity index (χ1) is 14.8. The minimum Gasteiger partial charge on any atom is -0.496 e. The lowest BCUT2D eigenvalue weighted by Crippen LogP contribution is -2.51. The predicted molar refractivity (Wildman–Crippen MR) is 111 cm³/mol. The fraction of sp³-hybridized carbons (Fsp3) is 0.300. The molecule has 1 saturated heterocycles. The van der Waals surface area contributed by atoms with E-state index in [0.29, 0.717) is 29.7 Å². The van der Waals surface area contributed by atoms with Crippen molar-refractivity contribution in [1.82, 2.24) is 30.8 Å². The lowest BCUT2D eigenvalue weighted by molar-refractivity contribution is 0.247. The van der Waals surface area contributed by atoms with E-state index in [2.05, 4.69) is 36.1 Å². The van der Waals surface area contributed by atoms with E-state index in [1.807, 2.05) is 30.3 Å². The molecule has 1 aliphatic rings. The van der Waals surface area contributed by atoms with Gasteiger partial charge in [0.15, 0.2) is 11.5 Å². The fourth-order valence-electron chi connectivity index (χ4n) is 3.18. The van der Waals surface area contributed by atoms with Crippen LogP contribution in [0.4, 0.5) is 11.6 Å². The Balaban J connectivity index is 1.54. The van der Waals surface area contributed by atoms with Crippen LogP contribution in [-0.4, -0.2) is 59.6 Å². The van der Waals surface area contributed by atoms with Crippen LogP contribution in [0.15, 0.2) is 36.7 Å². The van der Waals surface area contributed by atoms with Crippen molar-refractivity contribution in [2.45, 2.75) is 6.04 Å². The number of nitrogens with one attached hydrogen (secondary N) is 4. The van der Waals surface area contributed by atoms with Gasteiger partial charge in [0.2, 0.25) is 0 Å². The number of piperazine rings is 1. The van der Waals surface area contributed by atoms with Crippen molar-refractivity contribution >= 4 is 11.6 Å². The van der Waals surface area contributed by atoms with Gasteiger partial charge in [0.25, 0.3) is 0 Å². The number of nitrogens with zero attached hydrogens (tertiary/aromatic N) is 4. The van der Waals surface area contributed by atoms with Crippen LogP contribution in [-0.2, 0) is 0 Å². The molecule has 1 aromatic carbocycles. The van der Waals surface area contributed by atoms with E-state index >= 15 is 0 Å². The van der Waals surface area contributed by atoms with Gasteiger partial charge in [-0.2, -0.15) is 10.4 Å². The third kappa shape index (κ3) is 4.48. The highest BCUT2D eigenvalue weighted by atomic mass is 16.5. The summed E-state index contributed by atoms with van der Waals surface area (Å²) >= 11 is 0. The molecule has 30 heavy (non-hydrogen) atoms. The Morgan fingerprint density at radius 2 is 2.10 bits per heavy atom. The SMILES string of the molecule is COc1cccc(OC[C@@H]2CNCCN2)c1-c1cc(Nc2cnc(C#N)cn2)n[nH]1. The van der Waals surface area contributed by atoms with E-state index in [1.165, 1.54) is 12.4 Å². The number of rotatable bonds is 7. The number of nitriles is 1. The van der Waals surface area contributed by atoms with E-state index < -0.39 is 0 Å². The number of ether oxygens (including phenoxy) is 2. The summed E-state index contributed by atoms with van der Waals surface area (Å²) in [6.45, 7) is 3.29. The van der Waals surface area contributed by atoms with Gasteiger partial charge < -0.3 is 25.4 Å². The Bertz CT molecular complexity index is 1020. The molecule has 3 heterocycles. The predicted octanol–water partition coefficient (Wildman–Crippen LogP) is 1.43. The summed E-state index contributed by atoms with van der Waals surface area (Å²) in [4.78, 5) is 8.14. The highest BCUT2D eigenvalue weighted by molar-refractivity contribution is 5.76. The van der Waals surface area contributed by atoms with E-state index in [4.69, 9.17) is 14.7 Å². The molecule has 10 heteroatoms. The average Bonchev–Trinajstić information content (AvgIpc) is 3.26. The molecule has 0 aliphatic carbocycles. The molecular weight excluding hydrogens is 384 g/mol. The zero-order valence-corrected chi connectivity index (χ0v) is 16.5. The smallest absolute Gasteiger partial charge is 0.158 e. The van der Waals surface area contributed by atoms with Crippen LogP contribution in [0.5, 0.6) is 11.5 Å². The number of anilines is 2. The zero-order valence-electron chi connectivity index (χ0n) is 16.5. The van der Waals surface area contributed by atoms with Gasteiger partial charge in [-0.15, -0.1) is 0 Å². The third-order valence-electron chi connectivity index (χ3n) is 4.64. The maximum Gasteiger partial charge on any atom is 0.158 e. The Morgan fingerprint density at radius 1 is 1.20 bits per heavy atom. The van der Waals surface area contributed by atoms with Gasteiger partial charge in [-0.1, -0.05) is 6.07 Å². The minimum atomic E-state index is 0.242. The number of hydrogen-bond acceptors (Lipinski definition) is 9. The summed E-state index contributed by atoms with van der Waals surface area (Å²) in [6.07, 6.45) is 2.88. The van der Waals surface area contributed by atoms with Crippen molar-refractivity contribution in [3.63, 3.8) is 0 Å². The van der Waals surface area contributed by atoms with E-state index in [0.717, 1.165) is 30.9 Å². The molecule has 0 spiro atoms. The van der Waals surface area contributed by atoms with Gasteiger partial charge in [-0.05, 0) is 12.1 Å². The number of H-pyrrole nitrogens is 1. The molecule has 0 radical (unpaired) electrons. The molecule has 1 fully saturated rings. The quantitative estimate of drug-likeness (QED) is 0.460. The summed E-state index contributed by atoms with van der Waals surface area (Å²) in [5.41, 5.74) is 1.78. The largest absolute Gasteiger partial charge is 0.496 e. The molecule has 4 rings (SSSR count). The monoisotopic (exact) mass is 406 g/mol. The molecule has 1 atom stereocenters. The van der Waals surface area contributed by atoms with Gasteiger partial charge in [0.05, 0.1) is 36.8 Å². The Hall–Kier alpha value is -3.68. The fourth-order valence-corrected chi connectivity index (χ4v) is 3.18. The van der Waals surface area contributed by atoms with Gasteiger partial charge in [0, 0.05) is 25.7 Å². The van der Waals surface area contributed by atoms with E-state index in [1.54, 1.807) is 7.11 Å². The van der Waals surface area contributed by atoms with Crippen molar-refractivity contribution in [3.8, 4) is 28.8 Å². The van der Waals surface area contributed by atoms with Crippen molar-refractivity contribution < 1.29 is 9.47 Å². The highest BCUT2D eigenvalue weighted by Crippen LogP contribution is 2.38. The minimum absolute atomic E-state index is 0.242. The maximum absolute atomic E-state index is 8.83. The highest BCUT2D eigenvalue weighted by Gasteiger charge is 2.18. The van der Waals surface area contributed by atoms with Gasteiger partial charge in [-0.25, -0.2) is 9.97 Å². The number of methoxy groups -OCH3 is 1. The van der Waals surface area contributed by atoms with E-state index in [9.17, 15) is 0 Å². The third-order valence-corrected chi connectivity index (χ3v) is 4.64. The van der Waals surface area contributed by atoms with Crippen LogP contribution in [0.25, 0.3) is 11.3 Å². The van der Waals surface area contributed by atoms with Gasteiger partial charge in [-0.3, -0.25) is 5.10 Å². The molecule has 3 aromatic rings. The van der Waals surface area contributed by atoms with Crippen LogP contribution < -0.4 is 25.4 Å². The second-order valence-electron chi connectivity index (χ2n) is 6.69. The summed E-state index contributed by atoms with van der Waals surface area (Å²) in [6, 6.07) is 9.70. The molecule has 2 aromatic heterocycles. The van der Waals surface area contributed by atoms with Crippen LogP contribution in [0, 0.1) is 11.3 Å². The van der Waals surface area contributed by atoms with Crippen molar-refractivity contribution in [3.05, 3.63) is 42.4 Å². The van der Waals surface area contributed by atoms with Crippen LogP contribution in [0.3, 0.4) is 0 Å². The maximum atomic E-state index is 8.83. The molecule has 1 aliphatic heterocycles. The molecule has 10 nitrogen and oxygen atoms in total. The Labute approximate surface area is 173 Å². The number of benzene rings is 1. The topological polar surface area (TPSA) is 133 Å². The Morgan fingerprint density at radius 3 is 2.83 bits per heavy atom. The molecule has 0 saturated carbocycles. The zero-order chi connectivity index (χ0) is 20.8. The second-order valence-corrected chi connectivity index (χ2v) is 6.69. The van der Waals surface area contributed by atoms with Crippen LogP contribution in [0.2, 0.25) is 0 Å². The normalized spacial score (nSPS) is 15.9. The van der Waals surface area contributed by atoms with E-state index in [-0.39, 0.29) is 11.7 Å². The van der Waals surface area contributed by atoms with Crippen LogP contribution >= 0.6 is 0 Å². The molecule has 0 bridgehead atoms. The number of hydrogen-bond donors (Lipinski definition) is 4. The molecule has 0 amide bonds. The van der Waals surface area contributed by atoms with Crippen molar-refractivity contribution in [2.24, 2.45) is 0 Å². The number of aromatic nitrogens is 4. The summed E-state index contributed by atoms with van der Waals surface area (Å²) in [5, 5.41) is 26.0. The van der Waals surface area contributed by atoms with Crippen LogP contribution in [0.1, 0.15) is 5.69 Å². The first-order valence-electron chi connectivity index (χ1n) is 9.55. The van der Waals surface area contributed by atoms with Crippen molar-refractivity contribution in [1.29, 1.82) is 5.26 Å². The first-order valence-corrected chi connectivity index (χ1v) is 9.55. The standard InChI is InChI=1S/C20H22N8O2/c1-29-16-3-2-4-17(30-12-14-9-22-5-6-23-14)20(16)15-7-18(28-27-15)26-19-11-24-13(8-21)10-25-19/h2-4,7,10-11,14,22-23H,5-6,9,12H2,1H3,(H2,25,26,27,28)/t14-/m0/s1. The lowest BCUT2D eigenvalue weighted by atomic mass is 10.1.